The lowest BCUT2D eigenvalue weighted by molar-refractivity contribution is -0.149. The third-order valence-corrected chi connectivity index (χ3v) is 3.85. The van der Waals surface area contributed by atoms with Crippen molar-refractivity contribution in [1.82, 2.24) is 0 Å². The average Bonchev–Trinajstić information content (AvgIpc) is 2.05. The summed E-state index contributed by atoms with van der Waals surface area (Å²) in [4.78, 5) is 11.9. The van der Waals surface area contributed by atoms with Crippen LogP contribution in [0.15, 0.2) is 0 Å². The number of hydrogen-bond donors (Lipinski definition) is 1. The molecule has 2 aliphatic carbocycles. The normalized spacial score (nSPS) is 44.5. The molecule has 2 aliphatic rings. The average molecular weight is 182 g/mol. The molecule has 0 aromatic carbocycles. The zero-order chi connectivity index (χ0) is 9.59. The molecular formula is C11H18O2. The lowest BCUT2D eigenvalue weighted by Crippen LogP contribution is -2.51. The van der Waals surface area contributed by atoms with Gasteiger partial charge < -0.3 is 5.11 Å². The predicted octanol–water partition coefficient (Wildman–Crippen LogP) is 1.62. The molecule has 0 heterocycles. The number of carbonyl (C=O) groups excluding carboxylic acids is 1. The second-order valence-electron chi connectivity index (χ2n) is 4.90. The van der Waals surface area contributed by atoms with Crippen molar-refractivity contribution in [2.45, 2.75) is 39.2 Å². The molecule has 0 spiro atoms. The largest absolute Gasteiger partial charge is 0.393 e. The first-order valence-electron chi connectivity index (χ1n) is 5.33. The second kappa shape index (κ2) is 3.09. The first-order valence-corrected chi connectivity index (χ1v) is 5.33. The molecule has 0 amide bonds. The van der Waals surface area contributed by atoms with Crippen LogP contribution >= 0.6 is 0 Å². The maximum atomic E-state index is 11.9. The Labute approximate surface area is 79.3 Å². The minimum atomic E-state index is -0.179. The van der Waals surface area contributed by atoms with E-state index < -0.39 is 0 Å². The smallest absolute Gasteiger partial charge is 0.139 e. The quantitative estimate of drug-likeness (QED) is 0.669. The number of rotatable bonds is 1. The number of aliphatic hydroxyl groups excluding tert-OH is 1. The Bertz CT molecular complexity index is 222. The third-order valence-electron chi connectivity index (χ3n) is 3.85. The van der Waals surface area contributed by atoms with Crippen molar-refractivity contribution in [2.75, 3.05) is 0 Å². The Morgan fingerprint density at radius 1 is 1.38 bits per heavy atom. The van der Waals surface area contributed by atoms with E-state index in [9.17, 15) is 9.90 Å². The van der Waals surface area contributed by atoms with Gasteiger partial charge in [-0.15, -0.1) is 0 Å². The van der Waals surface area contributed by atoms with Crippen LogP contribution in [0.3, 0.4) is 0 Å². The van der Waals surface area contributed by atoms with Crippen LogP contribution in [0.4, 0.5) is 0 Å². The Hall–Kier alpha value is -0.370. The van der Waals surface area contributed by atoms with Crippen LogP contribution in [0.1, 0.15) is 33.1 Å². The summed E-state index contributed by atoms with van der Waals surface area (Å²) in [6, 6.07) is 0. The molecule has 0 aliphatic heterocycles. The lowest BCUT2D eigenvalue weighted by atomic mass is 9.58. The zero-order valence-corrected chi connectivity index (χ0v) is 8.36. The highest BCUT2D eigenvalue weighted by molar-refractivity contribution is 5.85. The van der Waals surface area contributed by atoms with Gasteiger partial charge in [0.05, 0.1) is 6.10 Å². The van der Waals surface area contributed by atoms with Crippen molar-refractivity contribution in [2.24, 2.45) is 23.7 Å². The molecule has 2 fully saturated rings. The van der Waals surface area contributed by atoms with E-state index in [1.165, 1.54) is 0 Å². The monoisotopic (exact) mass is 182 g/mol. The maximum Gasteiger partial charge on any atom is 0.139 e. The van der Waals surface area contributed by atoms with Gasteiger partial charge >= 0.3 is 0 Å². The molecule has 2 heteroatoms. The molecule has 0 saturated heterocycles. The third kappa shape index (κ3) is 1.32. The molecule has 4 atom stereocenters. The summed E-state index contributed by atoms with van der Waals surface area (Å²) < 4.78 is 0. The highest BCUT2D eigenvalue weighted by Crippen LogP contribution is 2.46. The topological polar surface area (TPSA) is 37.3 Å². The maximum absolute atomic E-state index is 11.9. The Morgan fingerprint density at radius 3 is 2.62 bits per heavy atom. The minimum absolute atomic E-state index is 0.179. The van der Waals surface area contributed by atoms with E-state index in [-0.39, 0.29) is 17.9 Å². The van der Waals surface area contributed by atoms with Gasteiger partial charge in [-0.3, -0.25) is 4.79 Å². The summed E-state index contributed by atoms with van der Waals surface area (Å²) in [6.45, 7) is 4.25. The summed E-state index contributed by atoms with van der Waals surface area (Å²) in [5.74, 6) is 1.69. The van der Waals surface area contributed by atoms with Crippen LogP contribution in [0, 0.1) is 23.7 Å². The van der Waals surface area contributed by atoms with Crippen molar-refractivity contribution >= 4 is 5.78 Å². The first-order chi connectivity index (χ1) is 6.11. The summed E-state index contributed by atoms with van der Waals surface area (Å²) in [6.07, 6.45) is 2.60. The van der Waals surface area contributed by atoms with E-state index >= 15 is 0 Å². The molecular weight excluding hydrogens is 164 g/mol. The molecule has 74 valence electrons. The van der Waals surface area contributed by atoms with Gasteiger partial charge in [0.1, 0.15) is 5.78 Å². The Morgan fingerprint density at radius 2 is 2.08 bits per heavy atom. The van der Waals surface area contributed by atoms with Crippen LogP contribution in [0.25, 0.3) is 0 Å². The molecule has 4 unspecified atom stereocenters. The van der Waals surface area contributed by atoms with Gasteiger partial charge in [-0.25, -0.2) is 0 Å². The fourth-order valence-electron chi connectivity index (χ4n) is 2.85. The lowest BCUT2D eigenvalue weighted by Gasteiger charge is -2.47. The van der Waals surface area contributed by atoms with Gasteiger partial charge in [0.15, 0.2) is 0 Å². The Balaban J connectivity index is 2.05. The van der Waals surface area contributed by atoms with Crippen molar-refractivity contribution in [3.05, 3.63) is 0 Å². The van der Waals surface area contributed by atoms with E-state index in [4.69, 9.17) is 0 Å². The number of Topliss-reactive ketones (excluding diaryl/α,β-unsaturated/α-hetero) is 1. The van der Waals surface area contributed by atoms with Crippen molar-refractivity contribution in [3.63, 3.8) is 0 Å². The highest BCUT2D eigenvalue weighted by Gasteiger charge is 2.49. The zero-order valence-electron chi connectivity index (χ0n) is 8.36. The second-order valence-corrected chi connectivity index (χ2v) is 4.90. The van der Waals surface area contributed by atoms with Gasteiger partial charge in [-0.05, 0) is 31.1 Å². The molecule has 0 aromatic heterocycles. The fourth-order valence-corrected chi connectivity index (χ4v) is 2.85. The molecule has 2 nitrogen and oxygen atoms in total. The minimum Gasteiger partial charge on any atom is -0.393 e. The Kier molecular flexibility index (Phi) is 2.18. The number of hydrogen-bond acceptors (Lipinski definition) is 2. The van der Waals surface area contributed by atoms with Crippen LogP contribution < -0.4 is 0 Å². The van der Waals surface area contributed by atoms with Crippen LogP contribution in [0.5, 0.6) is 0 Å². The van der Waals surface area contributed by atoms with Crippen molar-refractivity contribution in [1.29, 1.82) is 0 Å². The van der Waals surface area contributed by atoms with E-state index in [0.29, 0.717) is 17.6 Å². The first kappa shape index (κ1) is 9.20. The van der Waals surface area contributed by atoms with Crippen molar-refractivity contribution in [3.8, 4) is 0 Å². The molecule has 2 saturated carbocycles. The van der Waals surface area contributed by atoms with Gasteiger partial charge in [-0.2, -0.15) is 0 Å². The fraction of sp³-hybridized carbons (Fsp3) is 0.909. The van der Waals surface area contributed by atoms with Crippen molar-refractivity contribution < 1.29 is 9.90 Å². The molecule has 0 bridgehead atoms. The summed E-state index contributed by atoms with van der Waals surface area (Å²) in [7, 11) is 0. The van der Waals surface area contributed by atoms with Gasteiger partial charge in [0.2, 0.25) is 0 Å². The molecule has 1 N–H and O–H groups in total. The summed E-state index contributed by atoms with van der Waals surface area (Å²) in [5, 5.41) is 9.43. The van der Waals surface area contributed by atoms with E-state index in [0.717, 1.165) is 19.3 Å². The molecule has 0 radical (unpaired) electrons. The number of aliphatic hydroxyl groups is 1. The molecule has 2 rings (SSSR count). The number of fused-ring (bicyclic) bond motifs is 1. The van der Waals surface area contributed by atoms with Gasteiger partial charge in [0, 0.05) is 11.8 Å². The van der Waals surface area contributed by atoms with Crippen LogP contribution in [-0.4, -0.2) is 17.0 Å². The standard InChI is InChI=1S/C11H18O2/c1-6(2)7-3-4-8-9(11(7)13)5-10(8)12/h6-10,12H,3-5H2,1-2H3. The van der Waals surface area contributed by atoms with Gasteiger partial charge in [0.25, 0.3) is 0 Å². The van der Waals surface area contributed by atoms with Gasteiger partial charge in [-0.1, -0.05) is 13.8 Å². The summed E-state index contributed by atoms with van der Waals surface area (Å²) in [5.41, 5.74) is 0. The number of ketones is 1. The van der Waals surface area contributed by atoms with Crippen LogP contribution in [-0.2, 0) is 4.79 Å². The highest BCUT2D eigenvalue weighted by atomic mass is 16.3. The van der Waals surface area contributed by atoms with E-state index in [1.54, 1.807) is 0 Å². The van der Waals surface area contributed by atoms with Crippen LogP contribution in [0.2, 0.25) is 0 Å². The molecule has 13 heavy (non-hydrogen) atoms. The SMILES string of the molecule is CC(C)C1CCC2C(O)CC2C1=O. The van der Waals surface area contributed by atoms with E-state index in [2.05, 4.69) is 13.8 Å². The molecule has 0 aromatic rings. The number of carbonyl (C=O) groups is 1. The van der Waals surface area contributed by atoms with E-state index in [1.807, 2.05) is 0 Å². The predicted molar refractivity (Wildman–Crippen MR) is 50.2 cm³/mol. The summed E-state index contributed by atoms with van der Waals surface area (Å²) >= 11 is 0.